The number of hydrogen-bond donors (Lipinski definition) is 0. The van der Waals surface area contributed by atoms with Gasteiger partial charge in [0.1, 0.15) is 0 Å². The third-order valence-electron chi connectivity index (χ3n) is 2.24. The monoisotopic (exact) mass is 272 g/mol. The molecule has 0 amide bonds. The maximum Gasteiger partial charge on any atom is 0.591 e. The van der Waals surface area contributed by atoms with Gasteiger partial charge < -0.3 is 9.80 Å². The van der Waals surface area contributed by atoms with Gasteiger partial charge in [-0.05, 0) is 6.42 Å². The zero-order valence-corrected chi connectivity index (χ0v) is 11.2. The number of halogens is 3. The summed E-state index contributed by atoms with van der Waals surface area (Å²) in [5.74, 6) is 0. The Balaban J connectivity index is 0.000000437. The van der Waals surface area contributed by atoms with Crippen molar-refractivity contribution in [1.29, 1.82) is 0 Å². The smallest absolute Gasteiger partial charge is 0.362 e. The largest absolute Gasteiger partial charge is 0.591 e. The van der Waals surface area contributed by atoms with E-state index in [2.05, 4.69) is 36.2 Å². The lowest BCUT2D eigenvalue weighted by Gasteiger charge is -2.17. The molecule has 7 heteroatoms. The summed E-state index contributed by atoms with van der Waals surface area (Å²) in [6.07, 6.45) is 9.76. The van der Waals surface area contributed by atoms with Crippen LogP contribution in [0.3, 0.4) is 0 Å². The summed E-state index contributed by atoms with van der Waals surface area (Å²) >= 11 is 0. The molecule has 17 heavy (non-hydrogen) atoms. The fraction of sp³-hybridized carbons (Fsp3) is 0.800. The molecule has 0 fully saturated rings. The first-order valence-corrected chi connectivity index (χ1v) is 7.02. The van der Waals surface area contributed by atoms with Gasteiger partial charge >= 0.3 is 8.07 Å². The number of nitrogens with zero attached hydrogens (tertiary/aromatic N) is 2. The van der Waals surface area contributed by atoms with E-state index in [1.165, 1.54) is 32.2 Å². The van der Waals surface area contributed by atoms with Gasteiger partial charge in [0.05, 0.1) is 6.67 Å². The summed E-state index contributed by atoms with van der Waals surface area (Å²) in [6.45, 7) is 4.55. The number of unbranched alkanes of at least 4 members (excludes halogenated alkanes) is 3. The van der Waals surface area contributed by atoms with Crippen molar-refractivity contribution in [3.8, 4) is 0 Å². The molecule has 102 valence electrons. The van der Waals surface area contributed by atoms with Gasteiger partial charge in [-0.15, -0.1) is 12.6 Å². The molecule has 0 N–H and O–H groups in total. The first-order valence-electron chi connectivity index (χ1n) is 5.64. The maximum atomic E-state index is 9.91. The molecule has 0 saturated carbocycles. The lowest BCUT2D eigenvalue weighted by Crippen LogP contribution is -2.23. The second-order valence-corrected chi connectivity index (χ2v) is 4.77. The van der Waals surface area contributed by atoms with Gasteiger partial charge in [-0.3, -0.25) is 0 Å². The standard InChI is InChI=1S/C10H20N2.F3OP/c1-3-4-5-6-7-12-9-8-11(2)10-12;1-5(2,3)4/h8-9H,3-7,10H2,1-2H3;. The minimum atomic E-state index is -6.14. The van der Waals surface area contributed by atoms with E-state index >= 15 is 0 Å². The Morgan fingerprint density at radius 2 is 1.76 bits per heavy atom. The molecule has 0 aliphatic carbocycles. The average Bonchev–Trinajstić information content (AvgIpc) is 2.56. The topological polar surface area (TPSA) is 23.6 Å². The van der Waals surface area contributed by atoms with Crippen molar-refractivity contribution >= 4 is 8.07 Å². The summed E-state index contributed by atoms with van der Waals surface area (Å²) in [4.78, 5) is 4.58. The summed E-state index contributed by atoms with van der Waals surface area (Å²) in [5, 5.41) is 0. The minimum absolute atomic E-state index is 1.08. The molecule has 0 spiro atoms. The summed E-state index contributed by atoms with van der Waals surface area (Å²) < 4.78 is 37.9. The van der Waals surface area contributed by atoms with E-state index in [0.29, 0.717) is 0 Å². The minimum Gasteiger partial charge on any atom is -0.362 e. The van der Waals surface area contributed by atoms with Gasteiger partial charge in [0.25, 0.3) is 0 Å². The molecule has 1 rings (SSSR count). The summed E-state index contributed by atoms with van der Waals surface area (Å²) in [6, 6.07) is 0. The Kier molecular flexibility index (Phi) is 8.13. The molecular weight excluding hydrogens is 252 g/mol. The predicted octanol–water partition coefficient (Wildman–Crippen LogP) is 4.25. The van der Waals surface area contributed by atoms with Crippen LogP contribution >= 0.6 is 8.07 Å². The quantitative estimate of drug-likeness (QED) is 0.552. The first kappa shape index (κ1) is 16.4. The highest BCUT2D eigenvalue weighted by molar-refractivity contribution is 7.47. The van der Waals surface area contributed by atoms with Gasteiger partial charge in [-0.25, -0.2) is 4.57 Å². The highest BCUT2D eigenvalue weighted by Gasteiger charge is 2.13. The maximum absolute atomic E-state index is 9.91. The van der Waals surface area contributed by atoms with Crippen LogP contribution in [0.15, 0.2) is 12.4 Å². The summed E-state index contributed by atoms with van der Waals surface area (Å²) in [5.41, 5.74) is 0. The zero-order valence-electron chi connectivity index (χ0n) is 10.3. The van der Waals surface area contributed by atoms with Crippen molar-refractivity contribution in [3.05, 3.63) is 12.4 Å². The molecule has 1 aliphatic heterocycles. The van der Waals surface area contributed by atoms with Crippen molar-refractivity contribution in [1.82, 2.24) is 9.80 Å². The van der Waals surface area contributed by atoms with Crippen molar-refractivity contribution in [3.63, 3.8) is 0 Å². The van der Waals surface area contributed by atoms with Crippen LogP contribution in [0.4, 0.5) is 12.6 Å². The highest BCUT2D eigenvalue weighted by atomic mass is 31.3. The van der Waals surface area contributed by atoms with E-state index in [-0.39, 0.29) is 0 Å². The van der Waals surface area contributed by atoms with Crippen molar-refractivity contribution in [2.45, 2.75) is 32.6 Å². The van der Waals surface area contributed by atoms with Crippen LogP contribution in [0.1, 0.15) is 32.6 Å². The molecular formula is C10H20F3N2OP. The fourth-order valence-electron chi connectivity index (χ4n) is 1.48. The van der Waals surface area contributed by atoms with Crippen LogP contribution < -0.4 is 0 Å². The highest BCUT2D eigenvalue weighted by Crippen LogP contribution is 2.50. The predicted molar refractivity (Wildman–Crippen MR) is 63.5 cm³/mol. The second kappa shape index (κ2) is 8.45. The molecule has 0 aromatic rings. The van der Waals surface area contributed by atoms with Crippen molar-refractivity contribution < 1.29 is 17.2 Å². The van der Waals surface area contributed by atoms with Crippen LogP contribution in [0.5, 0.6) is 0 Å². The normalized spacial score (nSPS) is 14.9. The molecule has 1 heterocycles. The van der Waals surface area contributed by atoms with Crippen LogP contribution in [0.25, 0.3) is 0 Å². The molecule has 0 saturated heterocycles. The van der Waals surface area contributed by atoms with E-state index in [9.17, 15) is 12.6 Å². The Hall–Kier alpha value is -0.640. The Labute approximate surface area is 101 Å². The fourth-order valence-corrected chi connectivity index (χ4v) is 1.48. The zero-order chi connectivity index (χ0) is 13.3. The lowest BCUT2D eigenvalue weighted by atomic mass is 10.2. The first-order chi connectivity index (χ1) is 7.83. The van der Waals surface area contributed by atoms with Gasteiger partial charge in [-0.2, -0.15) is 0 Å². The van der Waals surface area contributed by atoms with E-state index in [1.807, 2.05) is 0 Å². The number of hydrogen-bond acceptors (Lipinski definition) is 3. The van der Waals surface area contributed by atoms with E-state index in [4.69, 9.17) is 4.57 Å². The average molecular weight is 272 g/mol. The molecule has 0 bridgehead atoms. The SMILES string of the molecule is CCCCCCN1C=CN(C)C1.O=P(F)(F)F. The van der Waals surface area contributed by atoms with Crippen LogP contribution in [0.2, 0.25) is 0 Å². The summed E-state index contributed by atoms with van der Waals surface area (Å²) in [7, 11) is -4.03. The second-order valence-electron chi connectivity index (χ2n) is 3.97. The van der Waals surface area contributed by atoms with E-state index in [0.717, 1.165) is 6.67 Å². The van der Waals surface area contributed by atoms with Crippen molar-refractivity contribution in [2.75, 3.05) is 20.3 Å². The van der Waals surface area contributed by atoms with Crippen LogP contribution in [0, 0.1) is 0 Å². The van der Waals surface area contributed by atoms with E-state index < -0.39 is 8.07 Å². The number of rotatable bonds is 5. The van der Waals surface area contributed by atoms with E-state index in [1.54, 1.807) is 0 Å². The van der Waals surface area contributed by atoms with Crippen molar-refractivity contribution in [2.24, 2.45) is 0 Å². The Morgan fingerprint density at radius 3 is 2.18 bits per heavy atom. The third-order valence-corrected chi connectivity index (χ3v) is 2.24. The van der Waals surface area contributed by atoms with Gasteiger partial charge in [0, 0.05) is 26.0 Å². The molecule has 0 aromatic heterocycles. The van der Waals surface area contributed by atoms with Gasteiger partial charge in [0.15, 0.2) is 0 Å². The third kappa shape index (κ3) is 13.3. The van der Waals surface area contributed by atoms with Gasteiger partial charge in [-0.1, -0.05) is 26.2 Å². The molecule has 0 radical (unpaired) electrons. The van der Waals surface area contributed by atoms with Crippen LogP contribution in [-0.4, -0.2) is 30.1 Å². The Morgan fingerprint density at radius 1 is 1.18 bits per heavy atom. The lowest BCUT2D eigenvalue weighted by molar-refractivity contribution is 0.291. The molecule has 0 aromatic carbocycles. The molecule has 1 aliphatic rings. The molecule has 0 atom stereocenters. The molecule has 0 unspecified atom stereocenters. The molecule has 3 nitrogen and oxygen atoms in total. The van der Waals surface area contributed by atoms with Crippen LogP contribution in [-0.2, 0) is 4.57 Å². The van der Waals surface area contributed by atoms with Gasteiger partial charge in [0.2, 0.25) is 0 Å². The Bertz CT molecular complexity index is 262.